The van der Waals surface area contributed by atoms with Crippen LogP contribution in [0.3, 0.4) is 0 Å². The molecular weight excluding hydrogens is 487 g/mol. The second-order valence-electron chi connectivity index (χ2n) is 12.2. The first-order valence-electron chi connectivity index (χ1n) is 14.4. The number of hydrogen-bond acceptors (Lipinski definition) is 4. The van der Waals surface area contributed by atoms with Crippen LogP contribution >= 0.6 is 0 Å². The van der Waals surface area contributed by atoms with Gasteiger partial charge in [0.1, 0.15) is 5.82 Å². The molecule has 1 heterocycles. The third-order valence-electron chi connectivity index (χ3n) is 9.62. The molecule has 1 saturated heterocycles. The predicted octanol–water partition coefficient (Wildman–Crippen LogP) is 4.38. The van der Waals surface area contributed by atoms with Crippen molar-refractivity contribution in [2.45, 2.75) is 63.5 Å². The topological polar surface area (TPSA) is 103 Å². The molecule has 9 heteroatoms. The highest BCUT2D eigenvalue weighted by Gasteiger charge is 2.57. The van der Waals surface area contributed by atoms with Crippen LogP contribution < -0.4 is 16.0 Å². The van der Waals surface area contributed by atoms with Crippen LogP contribution in [0.15, 0.2) is 24.3 Å². The number of piperidine rings is 1. The van der Waals surface area contributed by atoms with Crippen LogP contribution in [0.5, 0.6) is 0 Å². The lowest BCUT2D eigenvalue weighted by molar-refractivity contribution is -0.00873. The highest BCUT2D eigenvalue weighted by molar-refractivity contribution is 5.74. The van der Waals surface area contributed by atoms with Crippen molar-refractivity contribution in [2.75, 3.05) is 39.8 Å². The van der Waals surface area contributed by atoms with Crippen molar-refractivity contribution in [3.63, 3.8) is 0 Å². The van der Waals surface area contributed by atoms with Crippen LogP contribution in [0.1, 0.15) is 63.0 Å². The Labute approximate surface area is 225 Å². The Morgan fingerprint density at radius 1 is 1.24 bits per heavy atom. The van der Waals surface area contributed by atoms with E-state index < -0.39 is 12.2 Å². The van der Waals surface area contributed by atoms with E-state index in [1.807, 2.05) is 18.0 Å². The molecule has 4 bridgehead atoms. The van der Waals surface area contributed by atoms with Gasteiger partial charge in [0.2, 0.25) is 0 Å². The average Bonchev–Trinajstić information content (AvgIpc) is 3.26. The number of rotatable bonds is 11. The van der Waals surface area contributed by atoms with Gasteiger partial charge in [0.05, 0.1) is 12.7 Å². The number of carboxylic acid groups (broad SMARTS) is 1. The van der Waals surface area contributed by atoms with Crippen LogP contribution in [-0.2, 0) is 4.74 Å². The summed E-state index contributed by atoms with van der Waals surface area (Å²) < 4.78 is 20.2. The van der Waals surface area contributed by atoms with Crippen molar-refractivity contribution in [3.8, 4) is 0 Å². The molecule has 5 fully saturated rings. The number of carbonyl (C=O) groups is 2. The van der Waals surface area contributed by atoms with E-state index in [1.54, 1.807) is 6.07 Å². The molecule has 0 aromatic heterocycles. The van der Waals surface area contributed by atoms with Crippen molar-refractivity contribution >= 4 is 12.1 Å². The maximum Gasteiger partial charge on any atom is 0.404 e. The van der Waals surface area contributed by atoms with Crippen molar-refractivity contribution in [3.05, 3.63) is 35.6 Å². The van der Waals surface area contributed by atoms with Gasteiger partial charge >= 0.3 is 12.1 Å². The number of urea groups is 1. The third-order valence-corrected chi connectivity index (χ3v) is 9.62. The van der Waals surface area contributed by atoms with Crippen LogP contribution in [0.25, 0.3) is 0 Å². The van der Waals surface area contributed by atoms with Crippen molar-refractivity contribution < 1.29 is 23.8 Å². The summed E-state index contributed by atoms with van der Waals surface area (Å²) in [5, 5.41) is 17.9. The molecule has 2 unspecified atom stereocenters. The first kappa shape index (κ1) is 27.2. The Balaban J connectivity index is 1.22. The summed E-state index contributed by atoms with van der Waals surface area (Å²) in [7, 11) is 1.95. The van der Waals surface area contributed by atoms with Gasteiger partial charge in [-0.05, 0) is 99.3 Å². The van der Waals surface area contributed by atoms with Gasteiger partial charge in [-0.3, -0.25) is 0 Å². The number of likely N-dealkylation sites (tertiary alicyclic amines) is 1. The number of carbonyl (C=O) groups excluding carboxylic acids is 1. The largest absolute Gasteiger partial charge is 0.465 e. The Morgan fingerprint density at radius 2 is 2.03 bits per heavy atom. The number of halogens is 1. The molecular formula is C29H43FN4O4. The van der Waals surface area contributed by atoms with E-state index >= 15 is 0 Å². The minimum atomic E-state index is -1.11. The first-order chi connectivity index (χ1) is 18.3. The fraction of sp³-hybridized carbons (Fsp3) is 0.724. The standard InChI is InChI=1S/C29H43FN4O4/c1-31-17-25(16-29-14-19-10-20(15-29)12-23(29)11-19)33-27(35)34-8-3-5-22(18-34)26(38-9-7-32-28(36)37)21-4-2-6-24(30)13-21/h2,4,6,13,19-20,22-23,25-26,31-32H,3,5,7-12,14-18H2,1H3,(H,33,35)(H,36,37)/t19?,20?,22-,23?,25+,26+,29?/m1/s1. The van der Waals surface area contributed by atoms with Gasteiger partial charge in [-0.1, -0.05) is 12.1 Å². The molecule has 1 aromatic rings. The van der Waals surface area contributed by atoms with E-state index in [4.69, 9.17) is 9.84 Å². The number of nitrogens with one attached hydrogen (secondary N) is 3. The zero-order chi connectivity index (χ0) is 26.7. The molecule has 8 nitrogen and oxygen atoms in total. The Morgan fingerprint density at radius 3 is 2.74 bits per heavy atom. The fourth-order valence-electron chi connectivity index (χ4n) is 8.45. The number of nitrogens with zero attached hydrogens (tertiary/aromatic N) is 1. The summed E-state index contributed by atoms with van der Waals surface area (Å²) in [5.41, 5.74) is 1.12. The lowest BCUT2D eigenvalue weighted by atomic mass is 9.72. The average molecular weight is 531 g/mol. The van der Waals surface area contributed by atoms with Crippen molar-refractivity contribution in [1.29, 1.82) is 0 Å². The fourth-order valence-corrected chi connectivity index (χ4v) is 8.45. The lowest BCUT2D eigenvalue weighted by Crippen LogP contribution is -2.52. The van der Waals surface area contributed by atoms with Crippen LogP contribution in [-0.4, -0.2) is 68.0 Å². The summed E-state index contributed by atoms with van der Waals surface area (Å²) in [6.07, 6.45) is 8.06. The second-order valence-corrected chi connectivity index (χ2v) is 12.2. The van der Waals surface area contributed by atoms with Gasteiger partial charge in [-0.25, -0.2) is 14.0 Å². The molecule has 4 aliphatic carbocycles. The summed E-state index contributed by atoms with van der Waals surface area (Å²) in [6, 6.07) is 6.44. The molecule has 1 aromatic carbocycles. The number of benzene rings is 1. The molecule has 0 radical (unpaired) electrons. The molecule has 1 aliphatic heterocycles. The summed E-state index contributed by atoms with van der Waals surface area (Å²) in [6.45, 7) is 2.28. The summed E-state index contributed by atoms with van der Waals surface area (Å²) in [5.74, 6) is 2.28. The van der Waals surface area contributed by atoms with E-state index in [2.05, 4.69) is 16.0 Å². The third kappa shape index (κ3) is 6.09. The first-order valence-corrected chi connectivity index (χ1v) is 14.4. The van der Waals surface area contributed by atoms with E-state index in [-0.39, 0.29) is 37.0 Å². The predicted molar refractivity (Wildman–Crippen MR) is 142 cm³/mol. The van der Waals surface area contributed by atoms with Crippen LogP contribution in [0.2, 0.25) is 0 Å². The van der Waals surface area contributed by atoms with Gasteiger partial charge in [-0.15, -0.1) is 0 Å². The molecule has 38 heavy (non-hydrogen) atoms. The van der Waals surface area contributed by atoms with Gasteiger partial charge in [0, 0.05) is 38.1 Å². The number of likely N-dealkylation sites (N-methyl/N-ethyl adjacent to an activating group) is 1. The molecule has 6 rings (SSSR count). The molecule has 5 aliphatic rings. The van der Waals surface area contributed by atoms with Crippen molar-refractivity contribution in [2.24, 2.45) is 29.1 Å². The van der Waals surface area contributed by atoms with Crippen LogP contribution in [0, 0.1) is 34.9 Å². The minimum Gasteiger partial charge on any atom is -0.465 e. The Hall–Kier alpha value is -2.39. The smallest absolute Gasteiger partial charge is 0.404 e. The van der Waals surface area contributed by atoms with E-state index in [9.17, 15) is 14.0 Å². The molecule has 4 N–H and O–H groups in total. The summed E-state index contributed by atoms with van der Waals surface area (Å²) in [4.78, 5) is 26.2. The van der Waals surface area contributed by atoms with E-state index in [0.29, 0.717) is 24.1 Å². The van der Waals surface area contributed by atoms with Crippen molar-refractivity contribution in [1.82, 2.24) is 20.9 Å². The summed E-state index contributed by atoms with van der Waals surface area (Å²) >= 11 is 0. The van der Waals surface area contributed by atoms with Gasteiger partial charge < -0.3 is 30.7 Å². The second kappa shape index (κ2) is 11.8. The Kier molecular flexibility index (Phi) is 8.43. The molecule has 210 valence electrons. The molecule has 4 saturated carbocycles. The molecule has 5 atom stereocenters. The van der Waals surface area contributed by atoms with Gasteiger partial charge in [0.15, 0.2) is 0 Å². The van der Waals surface area contributed by atoms with E-state index in [0.717, 1.165) is 43.6 Å². The minimum absolute atomic E-state index is 0.0105. The normalized spacial score (nSPS) is 31.3. The van der Waals surface area contributed by atoms with Gasteiger partial charge in [0.25, 0.3) is 0 Å². The quantitative estimate of drug-likeness (QED) is 0.318. The highest BCUT2D eigenvalue weighted by atomic mass is 19.1. The molecule has 3 amide bonds. The zero-order valence-electron chi connectivity index (χ0n) is 22.5. The Bertz CT molecular complexity index is 979. The maximum absolute atomic E-state index is 14.1. The number of hydrogen-bond donors (Lipinski definition) is 4. The zero-order valence-corrected chi connectivity index (χ0v) is 22.5. The number of ether oxygens (including phenoxy) is 1. The number of amides is 3. The lowest BCUT2D eigenvalue weighted by Gasteiger charge is -2.39. The highest BCUT2D eigenvalue weighted by Crippen LogP contribution is 2.67. The van der Waals surface area contributed by atoms with Gasteiger partial charge in [-0.2, -0.15) is 0 Å². The monoisotopic (exact) mass is 530 g/mol. The van der Waals surface area contributed by atoms with Crippen LogP contribution in [0.4, 0.5) is 14.0 Å². The SMILES string of the molecule is CNC[C@H](CC12CC3CC(CC1C3)C2)NC(=O)N1CCC[C@@H]([C@@H](OCCNC(=O)O)c2cccc(F)c2)C1. The molecule has 0 spiro atoms. The maximum atomic E-state index is 14.1. The van der Waals surface area contributed by atoms with E-state index in [1.165, 1.54) is 44.2 Å².